The third-order valence-electron chi connectivity index (χ3n) is 6.20. The molecule has 32 heavy (non-hydrogen) atoms. The number of likely N-dealkylation sites (N-methyl/N-ethyl adjacent to an activating group) is 1. The molecule has 0 bridgehead atoms. The molecule has 174 valence electrons. The smallest absolute Gasteiger partial charge is 0.161 e. The van der Waals surface area contributed by atoms with E-state index in [1.54, 1.807) is 28.4 Å². The van der Waals surface area contributed by atoms with E-state index < -0.39 is 5.41 Å². The summed E-state index contributed by atoms with van der Waals surface area (Å²) < 4.78 is 21.6. The van der Waals surface area contributed by atoms with Crippen molar-refractivity contribution in [3.63, 3.8) is 0 Å². The highest BCUT2D eigenvalue weighted by Gasteiger charge is 2.36. The lowest BCUT2D eigenvalue weighted by Gasteiger charge is -2.33. The standard InChI is InChI=1S/C26H36N2O4/c1-19(2)26(18-27,21-9-11-23(30-5)25(17-21)32-7)13-15-28(3)14-12-20-8-10-22(29-4)24(16-20)31-6/h8-11,16-17,19H,12-15H2,1-7H3/t26-/m0/s1. The Morgan fingerprint density at radius 2 is 1.41 bits per heavy atom. The molecule has 6 heteroatoms. The molecule has 0 aliphatic carbocycles. The Labute approximate surface area is 192 Å². The molecule has 0 saturated carbocycles. The molecule has 0 unspecified atom stereocenters. The summed E-state index contributed by atoms with van der Waals surface area (Å²) in [4.78, 5) is 2.27. The van der Waals surface area contributed by atoms with E-state index in [0.717, 1.165) is 43.0 Å². The number of hydrogen-bond acceptors (Lipinski definition) is 6. The van der Waals surface area contributed by atoms with Gasteiger partial charge in [-0.25, -0.2) is 0 Å². The first kappa shape index (κ1) is 25.4. The predicted octanol–water partition coefficient (Wildman–Crippen LogP) is 4.70. The second-order valence-electron chi connectivity index (χ2n) is 8.30. The van der Waals surface area contributed by atoms with Gasteiger partial charge in [0.15, 0.2) is 23.0 Å². The van der Waals surface area contributed by atoms with Crippen LogP contribution in [0.2, 0.25) is 0 Å². The molecular formula is C26H36N2O4. The monoisotopic (exact) mass is 440 g/mol. The van der Waals surface area contributed by atoms with E-state index in [0.29, 0.717) is 11.5 Å². The number of hydrogen-bond donors (Lipinski definition) is 0. The van der Waals surface area contributed by atoms with Crippen LogP contribution in [0.15, 0.2) is 36.4 Å². The Kier molecular flexibility index (Phi) is 9.22. The summed E-state index contributed by atoms with van der Waals surface area (Å²) in [5, 5.41) is 10.3. The van der Waals surface area contributed by atoms with Crippen molar-refractivity contribution in [3.8, 4) is 29.1 Å². The van der Waals surface area contributed by atoms with Crippen LogP contribution >= 0.6 is 0 Å². The van der Waals surface area contributed by atoms with Crippen molar-refractivity contribution >= 4 is 0 Å². The third-order valence-corrected chi connectivity index (χ3v) is 6.20. The topological polar surface area (TPSA) is 64.0 Å². The number of nitrogens with zero attached hydrogens (tertiary/aromatic N) is 2. The van der Waals surface area contributed by atoms with Gasteiger partial charge in [0, 0.05) is 6.54 Å². The molecule has 1 atom stereocenters. The maximum absolute atomic E-state index is 10.3. The summed E-state index contributed by atoms with van der Waals surface area (Å²) in [5.74, 6) is 2.93. The fourth-order valence-electron chi connectivity index (χ4n) is 3.96. The largest absolute Gasteiger partial charge is 0.493 e. The van der Waals surface area contributed by atoms with E-state index in [1.165, 1.54) is 5.56 Å². The lowest BCUT2D eigenvalue weighted by molar-refractivity contribution is 0.272. The van der Waals surface area contributed by atoms with E-state index in [1.807, 2.05) is 30.3 Å². The first-order valence-electron chi connectivity index (χ1n) is 10.9. The van der Waals surface area contributed by atoms with Crippen LogP contribution in [0.1, 0.15) is 31.4 Å². The van der Waals surface area contributed by atoms with Crippen LogP contribution in [-0.4, -0.2) is 53.5 Å². The van der Waals surface area contributed by atoms with Crippen LogP contribution in [0.25, 0.3) is 0 Å². The zero-order valence-electron chi connectivity index (χ0n) is 20.4. The second-order valence-corrected chi connectivity index (χ2v) is 8.30. The number of methoxy groups -OCH3 is 4. The minimum atomic E-state index is -0.614. The van der Waals surface area contributed by atoms with Crippen molar-refractivity contribution in [1.82, 2.24) is 4.90 Å². The van der Waals surface area contributed by atoms with Gasteiger partial charge in [-0.05, 0) is 67.7 Å². The van der Waals surface area contributed by atoms with Gasteiger partial charge in [-0.15, -0.1) is 0 Å². The fraction of sp³-hybridized carbons (Fsp3) is 0.500. The van der Waals surface area contributed by atoms with Crippen molar-refractivity contribution in [3.05, 3.63) is 47.5 Å². The average Bonchev–Trinajstić information content (AvgIpc) is 2.82. The van der Waals surface area contributed by atoms with Crippen LogP contribution in [0.3, 0.4) is 0 Å². The van der Waals surface area contributed by atoms with Crippen molar-refractivity contribution in [2.24, 2.45) is 5.92 Å². The molecule has 0 N–H and O–H groups in total. The van der Waals surface area contributed by atoms with Crippen LogP contribution in [0.5, 0.6) is 23.0 Å². The summed E-state index contributed by atoms with van der Waals surface area (Å²) in [6.07, 6.45) is 1.60. The van der Waals surface area contributed by atoms with E-state index in [4.69, 9.17) is 18.9 Å². The molecule has 2 aromatic rings. The molecule has 6 nitrogen and oxygen atoms in total. The lowest BCUT2D eigenvalue weighted by Crippen LogP contribution is -2.35. The van der Waals surface area contributed by atoms with Crippen molar-refractivity contribution in [2.75, 3.05) is 48.6 Å². The summed E-state index contributed by atoms with van der Waals surface area (Å²) in [6.45, 7) is 5.88. The van der Waals surface area contributed by atoms with Gasteiger partial charge in [-0.3, -0.25) is 0 Å². The van der Waals surface area contributed by atoms with Gasteiger partial charge in [0.05, 0.1) is 39.9 Å². The number of benzene rings is 2. The fourth-order valence-corrected chi connectivity index (χ4v) is 3.96. The average molecular weight is 441 g/mol. The zero-order chi connectivity index (χ0) is 23.7. The van der Waals surface area contributed by atoms with E-state index in [-0.39, 0.29) is 5.92 Å². The predicted molar refractivity (Wildman–Crippen MR) is 127 cm³/mol. The molecule has 0 spiro atoms. The first-order chi connectivity index (χ1) is 15.3. The van der Waals surface area contributed by atoms with Crippen LogP contribution in [-0.2, 0) is 11.8 Å². The molecule has 0 amide bonds. The second kappa shape index (κ2) is 11.6. The van der Waals surface area contributed by atoms with Crippen LogP contribution < -0.4 is 18.9 Å². The highest BCUT2D eigenvalue weighted by Crippen LogP contribution is 2.39. The van der Waals surface area contributed by atoms with Gasteiger partial charge in [0.2, 0.25) is 0 Å². The summed E-state index contributed by atoms with van der Waals surface area (Å²) in [6, 6.07) is 14.4. The number of ether oxygens (including phenoxy) is 4. The first-order valence-corrected chi connectivity index (χ1v) is 10.9. The zero-order valence-corrected chi connectivity index (χ0v) is 20.4. The van der Waals surface area contributed by atoms with Crippen LogP contribution in [0.4, 0.5) is 0 Å². The van der Waals surface area contributed by atoms with E-state index in [2.05, 4.69) is 37.9 Å². The molecule has 0 fully saturated rings. The SMILES string of the molecule is COc1ccc(CCN(C)CC[C@@](C#N)(c2ccc(OC)c(OC)c2)C(C)C)cc1OC. The lowest BCUT2D eigenvalue weighted by atomic mass is 9.70. The van der Waals surface area contributed by atoms with Crippen LogP contribution in [0, 0.1) is 17.2 Å². The Hall–Kier alpha value is -2.91. The summed E-state index contributed by atoms with van der Waals surface area (Å²) >= 11 is 0. The molecule has 0 aliphatic heterocycles. The summed E-state index contributed by atoms with van der Waals surface area (Å²) in [5.41, 5.74) is 1.53. The van der Waals surface area contributed by atoms with Crippen molar-refractivity contribution < 1.29 is 18.9 Å². The highest BCUT2D eigenvalue weighted by atomic mass is 16.5. The number of rotatable bonds is 12. The molecule has 0 aliphatic rings. The Bertz CT molecular complexity index is 923. The van der Waals surface area contributed by atoms with Gasteiger partial charge in [0.25, 0.3) is 0 Å². The minimum Gasteiger partial charge on any atom is -0.493 e. The molecular weight excluding hydrogens is 404 g/mol. The van der Waals surface area contributed by atoms with Gasteiger partial charge in [-0.2, -0.15) is 5.26 Å². The van der Waals surface area contributed by atoms with Gasteiger partial charge in [0.1, 0.15) is 0 Å². The summed E-state index contributed by atoms with van der Waals surface area (Å²) in [7, 11) is 8.62. The normalized spacial score (nSPS) is 12.9. The van der Waals surface area contributed by atoms with Crippen molar-refractivity contribution in [2.45, 2.75) is 32.1 Å². The Morgan fingerprint density at radius 3 is 1.94 bits per heavy atom. The van der Waals surface area contributed by atoms with Gasteiger partial charge in [-0.1, -0.05) is 26.0 Å². The Morgan fingerprint density at radius 1 is 0.844 bits per heavy atom. The molecule has 0 heterocycles. The maximum Gasteiger partial charge on any atom is 0.161 e. The quantitative estimate of drug-likeness (QED) is 0.477. The molecule has 2 aromatic carbocycles. The highest BCUT2D eigenvalue weighted by molar-refractivity contribution is 5.47. The molecule has 0 saturated heterocycles. The molecule has 2 rings (SSSR count). The van der Waals surface area contributed by atoms with Gasteiger partial charge < -0.3 is 23.8 Å². The maximum atomic E-state index is 10.3. The minimum absolute atomic E-state index is 0.143. The Balaban J connectivity index is 2.11. The van der Waals surface area contributed by atoms with E-state index in [9.17, 15) is 5.26 Å². The molecule has 0 radical (unpaired) electrons. The van der Waals surface area contributed by atoms with Crippen molar-refractivity contribution in [1.29, 1.82) is 5.26 Å². The number of nitriles is 1. The molecule has 0 aromatic heterocycles. The van der Waals surface area contributed by atoms with E-state index >= 15 is 0 Å². The third kappa shape index (κ3) is 5.66. The van der Waals surface area contributed by atoms with Gasteiger partial charge >= 0.3 is 0 Å².